The van der Waals surface area contributed by atoms with Gasteiger partial charge >= 0.3 is 0 Å². The van der Waals surface area contributed by atoms with Gasteiger partial charge in [0.15, 0.2) is 5.96 Å². The third kappa shape index (κ3) is 3.13. The van der Waals surface area contributed by atoms with Gasteiger partial charge in [0.2, 0.25) is 5.96 Å². The molecule has 1 rings (SSSR count). The van der Waals surface area contributed by atoms with E-state index in [1.54, 1.807) is 0 Å². The van der Waals surface area contributed by atoms with E-state index >= 15 is 0 Å². The summed E-state index contributed by atoms with van der Waals surface area (Å²) in [4.78, 5) is 7.62. The van der Waals surface area contributed by atoms with Gasteiger partial charge in [0, 0.05) is 0 Å². The maximum Gasteiger partial charge on any atom is 0.223 e. The number of hydrogen-bond donors (Lipinski definition) is 3. The highest BCUT2D eigenvalue weighted by Crippen LogP contribution is 2.28. The van der Waals surface area contributed by atoms with Crippen LogP contribution in [0.2, 0.25) is 5.02 Å². The summed E-state index contributed by atoms with van der Waals surface area (Å²) in [6, 6.07) is 3.64. The van der Waals surface area contributed by atoms with Gasteiger partial charge in [-0.15, -0.1) is 0 Å². The third-order valence-electron chi connectivity index (χ3n) is 2.04. The fourth-order valence-electron chi connectivity index (χ4n) is 1.13. The maximum absolute atomic E-state index is 6.01. The van der Waals surface area contributed by atoms with Crippen molar-refractivity contribution in [3.05, 3.63) is 28.3 Å². The van der Waals surface area contributed by atoms with Crippen LogP contribution in [0.5, 0.6) is 0 Å². The lowest BCUT2D eigenvalue weighted by molar-refractivity contribution is 1.31. The lowest BCUT2D eigenvalue weighted by Gasteiger charge is -2.04. The number of hydrogen-bond acceptors (Lipinski definition) is 1. The molecule has 0 aliphatic rings. The normalized spacial score (nSPS) is 11.3. The molecule has 0 saturated carbocycles. The Kier molecular flexibility index (Phi) is 3.73. The number of aryl methyl sites for hydroxylation is 2. The summed E-state index contributed by atoms with van der Waals surface area (Å²) in [6.07, 6.45) is 0. The summed E-state index contributed by atoms with van der Waals surface area (Å²) in [5.41, 5.74) is 18.6. The second kappa shape index (κ2) is 4.85. The molecule has 0 fully saturated rings. The molecular formula is C10H14ClN5. The highest BCUT2D eigenvalue weighted by atomic mass is 35.5. The first kappa shape index (κ1) is 12.3. The zero-order chi connectivity index (χ0) is 12.3. The van der Waals surface area contributed by atoms with E-state index in [9.17, 15) is 0 Å². The summed E-state index contributed by atoms with van der Waals surface area (Å²) in [7, 11) is 0. The molecular weight excluding hydrogens is 226 g/mol. The Morgan fingerprint density at radius 2 is 1.69 bits per heavy atom. The Hall–Kier alpha value is -1.75. The van der Waals surface area contributed by atoms with Gasteiger partial charge in [-0.3, -0.25) is 0 Å². The molecule has 0 aliphatic heterocycles. The molecule has 1 aromatic rings. The molecule has 0 spiro atoms. The number of aliphatic imine (C=N–C) groups is 2. The zero-order valence-electron chi connectivity index (χ0n) is 9.16. The predicted molar refractivity (Wildman–Crippen MR) is 68.0 cm³/mol. The Morgan fingerprint density at radius 3 is 2.25 bits per heavy atom. The van der Waals surface area contributed by atoms with Gasteiger partial charge in [-0.1, -0.05) is 11.6 Å². The largest absolute Gasteiger partial charge is 0.370 e. The van der Waals surface area contributed by atoms with E-state index < -0.39 is 0 Å². The first-order chi connectivity index (χ1) is 7.40. The number of nitrogens with two attached hydrogens (primary N) is 3. The van der Waals surface area contributed by atoms with Crippen LogP contribution in [0.4, 0.5) is 5.69 Å². The highest BCUT2D eigenvalue weighted by molar-refractivity contribution is 6.33. The highest BCUT2D eigenvalue weighted by Gasteiger charge is 2.03. The minimum atomic E-state index is -0.138. The molecule has 5 nitrogen and oxygen atoms in total. The summed E-state index contributed by atoms with van der Waals surface area (Å²) in [5.74, 6) is -0.161. The molecule has 0 bridgehead atoms. The molecule has 0 radical (unpaired) electrons. The van der Waals surface area contributed by atoms with Gasteiger partial charge in [-0.05, 0) is 37.1 Å². The SMILES string of the molecule is Cc1cc(Cl)c(N=C(N)N=C(N)N)cc1C. The van der Waals surface area contributed by atoms with Crippen LogP contribution in [-0.2, 0) is 0 Å². The van der Waals surface area contributed by atoms with Crippen molar-refractivity contribution in [3.63, 3.8) is 0 Å². The second-order valence-corrected chi connectivity index (χ2v) is 3.80. The van der Waals surface area contributed by atoms with E-state index in [2.05, 4.69) is 9.98 Å². The third-order valence-corrected chi connectivity index (χ3v) is 2.34. The molecule has 6 N–H and O–H groups in total. The minimum Gasteiger partial charge on any atom is -0.370 e. The number of halogens is 1. The Balaban J connectivity index is 3.15. The minimum absolute atomic E-state index is 0.0230. The molecule has 6 heteroatoms. The quantitative estimate of drug-likeness (QED) is 0.506. The number of rotatable bonds is 1. The van der Waals surface area contributed by atoms with Crippen LogP contribution in [0.3, 0.4) is 0 Å². The molecule has 16 heavy (non-hydrogen) atoms. The fraction of sp³-hybridized carbons (Fsp3) is 0.200. The molecule has 0 saturated heterocycles. The maximum atomic E-state index is 6.01. The summed E-state index contributed by atoms with van der Waals surface area (Å²) >= 11 is 6.01. The monoisotopic (exact) mass is 239 g/mol. The van der Waals surface area contributed by atoms with Crippen LogP contribution in [0.1, 0.15) is 11.1 Å². The average Bonchev–Trinajstić information content (AvgIpc) is 2.12. The van der Waals surface area contributed by atoms with Crippen molar-refractivity contribution in [3.8, 4) is 0 Å². The Morgan fingerprint density at radius 1 is 1.12 bits per heavy atom. The molecule has 0 atom stereocenters. The molecule has 0 amide bonds. The van der Waals surface area contributed by atoms with Gasteiger partial charge in [-0.25, -0.2) is 4.99 Å². The van der Waals surface area contributed by atoms with E-state index in [1.807, 2.05) is 26.0 Å². The van der Waals surface area contributed by atoms with Gasteiger partial charge in [0.1, 0.15) is 0 Å². The summed E-state index contributed by atoms with van der Waals surface area (Å²) < 4.78 is 0. The molecule has 1 aromatic carbocycles. The topological polar surface area (TPSA) is 103 Å². The Bertz CT molecular complexity index is 461. The van der Waals surface area contributed by atoms with Gasteiger partial charge in [0.05, 0.1) is 10.7 Å². The van der Waals surface area contributed by atoms with Crippen molar-refractivity contribution in [1.29, 1.82) is 0 Å². The molecule has 0 heterocycles. The van der Waals surface area contributed by atoms with E-state index in [0.29, 0.717) is 10.7 Å². The Labute approximate surface area is 99.0 Å². The zero-order valence-corrected chi connectivity index (χ0v) is 9.92. The van der Waals surface area contributed by atoms with Crippen LogP contribution in [0.25, 0.3) is 0 Å². The van der Waals surface area contributed by atoms with E-state index in [1.165, 1.54) is 0 Å². The summed E-state index contributed by atoms with van der Waals surface area (Å²) in [6.45, 7) is 3.93. The van der Waals surface area contributed by atoms with Crippen molar-refractivity contribution >= 4 is 29.2 Å². The van der Waals surface area contributed by atoms with Crippen LogP contribution >= 0.6 is 11.6 Å². The van der Waals surface area contributed by atoms with Gasteiger partial charge in [-0.2, -0.15) is 4.99 Å². The number of nitrogens with zero attached hydrogens (tertiary/aromatic N) is 2. The average molecular weight is 240 g/mol. The standard InChI is InChI=1S/C10H14ClN5/c1-5-3-7(11)8(4-6(5)2)15-10(14)16-9(12)13/h3-4H,1-2H3,(H6,12,13,14,15,16). The van der Waals surface area contributed by atoms with E-state index in [4.69, 9.17) is 28.8 Å². The molecule has 0 aromatic heterocycles. The molecule has 0 unspecified atom stereocenters. The summed E-state index contributed by atoms with van der Waals surface area (Å²) in [5, 5.41) is 0.511. The van der Waals surface area contributed by atoms with Crippen LogP contribution in [0, 0.1) is 13.8 Å². The van der Waals surface area contributed by atoms with Crippen molar-refractivity contribution in [2.24, 2.45) is 27.2 Å². The van der Waals surface area contributed by atoms with Gasteiger partial charge < -0.3 is 17.2 Å². The first-order valence-electron chi connectivity index (χ1n) is 4.60. The lowest BCUT2D eigenvalue weighted by atomic mass is 10.1. The lowest BCUT2D eigenvalue weighted by Crippen LogP contribution is -2.26. The van der Waals surface area contributed by atoms with Crippen LogP contribution in [-0.4, -0.2) is 11.9 Å². The molecule has 86 valence electrons. The molecule has 0 aliphatic carbocycles. The van der Waals surface area contributed by atoms with Crippen LogP contribution in [0.15, 0.2) is 22.1 Å². The van der Waals surface area contributed by atoms with Crippen molar-refractivity contribution in [2.45, 2.75) is 13.8 Å². The number of guanidine groups is 2. The predicted octanol–water partition coefficient (Wildman–Crippen LogP) is 1.18. The van der Waals surface area contributed by atoms with Crippen molar-refractivity contribution < 1.29 is 0 Å². The first-order valence-corrected chi connectivity index (χ1v) is 4.98. The smallest absolute Gasteiger partial charge is 0.223 e. The van der Waals surface area contributed by atoms with E-state index in [0.717, 1.165) is 11.1 Å². The van der Waals surface area contributed by atoms with Crippen molar-refractivity contribution in [2.75, 3.05) is 0 Å². The fourth-order valence-corrected chi connectivity index (χ4v) is 1.39. The second-order valence-electron chi connectivity index (χ2n) is 3.39. The van der Waals surface area contributed by atoms with Gasteiger partial charge in [0.25, 0.3) is 0 Å². The van der Waals surface area contributed by atoms with Crippen molar-refractivity contribution in [1.82, 2.24) is 0 Å². The number of benzene rings is 1. The van der Waals surface area contributed by atoms with E-state index in [-0.39, 0.29) is 11.9 Å². The van der Waals surface area contributed by atoms with Crippen LogP contribution < -0.4 is 17.2 Å².